The van der Waals surface area contributed by atoms with E-state index in [1.165, 1.54) is 29.3 Å². The van der Waals surface area contributed by atoms with E-state index in [0.717, 1.165) is 41.9 Å². The molecule has 0 aromatic heterocycles. The molecule has 2 aromatic carbocycles. The fraction of sp³-hybridized carbons (Fsp3) is 0.321. The number of fused-ring (bicyclic) bond motifs is 2. The fourth-order valence-corrected chi connectivity index (χ4v) is 5.86. The van der Waals surface area contributed by atoms with Crippen LogP contribution in [0.15, 0.2) is 65.3 Å². The maximum Gasteiger partial charge on any atom is 0.563 e. The average molecular weight is 733 g/mol. The first-order chi connectivity index (χ1) is 22.3. The van der Waals surface area contributed by atoms with E-state index in [2.05, 4.69) is 33.6 Å². The highest BCUT2D eigenvalue weighted by molar-refractivity contribution is 7.48. The molecule has 3 rings (SSSR count). The summed E-state index contributed by atoms with van der Waals surface area (Å²) in [7, 11) is -15.1. The zero-order valence-corrected chi connectivity index (χ0v) is 29.2. The number of phosphoric acid groups is 3. The summed E-state index contributed by atoms with van der Waals surface area (Å²) in [6.07, 6.45) is 9.29. The lowest BCUT2D eigenvalue weighted by Gasteiger charge is -2.24. The number of carbonyl (C=O) groups is 1. The standard InChI is InChI=1S/C28H39N4O13P3/c1-18(2)8-5-9-19(3)10-6-11-20(4)14-15-32-23-16-21(41-46(34,35)36)17-25(42-47(37,38)39)27(23)31-26-22(28(32)33)12-7-13-24(26)43-48(40,44-29)45-30/h7-8,10,12-14,16-17,31H,5-6,9,11,15,29-30H2,1-4H3,(H2,34,35,36)(H2,37,38,39). The lowest BCUT2D eigenvalue weighted by Crippen LogP contribution is -2.30. The number of hydrogen-bond donors (Lipinski definition) is 7. The van der Waals surface area contributed by atoms with Crippen molar-refractivity contribution in [2.24, 2.45) is 11.8 Å². The van der Waals surface area contributed by atoms with E-state index in [1.807, 2.05) is 20.8 Å². The summed E-state index contributed by atoms with van der Waals surface area (Å²) in [6, 6.07) is 5.83. The van der Waals surface area contributed by atoms with Crippen molar-refractivity contribution in [3.63, 3.8) is 0 Å². The third-order valence-electron chi connectivity index (χ3n) is 6.75. The Morgan fingerprint density at radius 1 is 0.812 bits per heavy atom. The predicted molar refractivity (Wildman–Crippen MR) is 177 cm³/mol. The Bertz CT molecular complexity index is 1740. The molecule has 0 aliphatic carbocycles. The molecule has 0 saturated heterocycles. The van der Waals surface area contributed by atoms with Crippen LogP contribution in [0.1, 0.15) is 63.7 Å². The SMILES string of the molecule is CC(C)=CCCC(C)=CCCC(C)=CCN1C(=O)c2cccc(OP(=O)(ON)ON)c2Nc2c(OP(=O)(O)O)cc(OP(=O)(O)O)cc21. The maximum absolute atomic E-state index is 14.1. The molecular weight excluding hydrogens is 693 g/mol. The molecule has 0 fully saturated rings. The first kappa shape index (κ1) is 39.1. The summed E-state index contributed by atoms with van der Waals surface area (Å²) in [5.74, 6) is 7.72. The average Bonchev–Trinajstić information content (AvgIpc) is 3.09. The number of nitrogens with two attached hydrogens (primary N) is 2. The maximum atomic E-state index is 14.1. The van der Waals surface area contributed by atoms with Crippen molar-refractivity contribution in [3.05, 3.63) is 70.8 Å². The van der Waals surface area contributed by atoms with Crippen LogP contribution in [-0.4, -0.2) is 32.0 Å². The van der Waals surface area contributed by atoms with Crippen LogP contribution >= 0.6 is 23.5 Å². The zero-order chi connectivity index (χ0) is 35.9. The van der Waals surface area contributed by atoms with E-state index in [-0.39, 0.29) is 34.9 Å². The Hall–Kier alpha value is -3.30. The molecule has 1 aliphatic heterocycles. The van der Waals surface area contributed by atoms with E-state index in [0.29, 0.717) is 6.42 Å². The van der Waals surface area contributed by atoms with Crippen LogP contribution in [0.2, 0.25) is 0 Å². The van der Waals surface area contributed by atoms with Gasteiger partial charge in [-0.3, -0.25) is 24.4 Å². The summed E-state index contributed by atoms with van der Waals surface area (Å²) in [5.41, 5.74) is 2.64. The number of anilines is 3. The third-order valence-corrected chi connectivity index (χ3v) is 8.57. The number of para-hydroxylation sites is 1. The summed E-state index contributed by atoms with van der Waals surface area (Å²) in [4.78, 5) is 53.6. The van der Waals surface area contributed by atoms with Crippen molar-refractivity contribution in [2.45, 2.75) is 53.4 Å². The van der Waals surface area contributed by atoms with E-state index in [4.69, 9.17) is 25.4 Å². The number of carbonyl (C=O) groups excluding carboxylic acids is 1. The second-order valence-electron chi connectivity index (χ2n) is 10.9. The smallest absolute Gasteiger partial charge is 0.404 e. The minimum Gasteiger partial charge on any atom is -0.404 e. The van der Waals surface area contributed by atoms with Gasteiger partial charge in [0, 0.05) is 18.7 Å². The first-order valence-corrected chi connectivity index (χ1v) is 18.8. The summed E-state index contributed by atoms with van der Waals surface area (Å²) < 4.78 is 59.7. The van der Waals surface area contributed by atoms with Gasteiger partial charge in [0.2, 0.25) is 0 Å². The molecule has 0 spiro atoms. The van der Waals surface area contributed by atoms with Gasteiger partial charge in [-0.25, -0.2) is 25.5 Å². The first-order valence-electron chi connectivity index (χ1n) is 14.3. The van der Waals surface area contributed by atoms with Gasteiger partial charge >= 0.3 is 23.5 Å². The lowest BCUT2D eigenvalue weighted by molar-refractivity contribution is 0.0990. The van der Waals surface area contributed by atoms with Gasteiger partial charge < -0.3 is 23.8 Å². The topological polar surface area (TPSA) is 263 Å². The number of phosphoric ester groups is 2. The van der Waals surface area contributed by atoms with Gasteiger partial charge in [-0.2, -0.15) is 9.25 Å². The Labute approximate surface area is 277 Å². The number of amides is 1. The largest absolute Gasteiger partial charge is 0.563 e. The summed E-state index contributed by atoms with van der Waals surface area (Å²) in [6.45, 7) is 7.88. The molecule has 9 N–H and O–H groups in total. The molecule has 20 heteroatoms. The second-order valence-corrected chi connectivity index (χ2v) is 14.7. The van der Waals surface area contributed by atoms with Crippen molar-refractivity contribution in [1.29, 1.82) is 0 Å². The number of hydrogen-bond acceptors (Lipinski definition) is 12. The Morgan fingerprint density at radius 3 is 2.00 bits per heavy atom. The molecule has 1 amide bonds. The van der Waals surface area contributed by atoms with Crippen LogP contribution in [0.5, 0.6) is 17.2 Å². The minimum absolute atomic E-state index is 0.107. The molecule has 0 radical (unpaired) electrons. The Kier molecular flexibility index (Phi) is 13.4. The van der Waals surface area contributed by atoms with Crippen molar-refractivity contribution in [1.82, 2.24) is 0 Å². The molecule has 1 aliphatic rings. The highest BCUT2D eigenvalue weighted by Gasteiger charge is 2.36. The van der Waals surface area contributed by atoms with Crippen LogP contribution in [0, 0.1) is 0 Å². The molecule has 1 heterocycles. The van der Waals surface area contributed by atoms with Crippen molar-refractivity contribution >= 4 is 46.4 Å². The van der Waals surface area contributed by atoms with Gasteiger partial charge in [-0.1, -0.05) is 41.0 Å². The number of nitrogens with one attached hydrogen (secondary N) is 1. The summed E-state index contributed by atoms with van der Waals surface area (Å²) >= 11 is 0. The van der Waals surface area contributed by atoms with Crippen LogP contribution in [0.4, 0.5) is 17.1 Å². The van der Waals surface area contributed by atoms with Gasteiger partial charge in [-0.15, -0.1) is 0 Å². The van der Waals surface area contributed by atoms with Crippen LogP contribution in [-0.2, 0) is 22.9 Å². The molecule has 0 unspecified atom stereocenters. The monoisotopic (exact) mass is 732 g/mol. The number of nitrogens with zero attached hydrogens (tertiary/aromatic N) is 1. The van der Waals surface area contributed by atoms with Gasteiger partial charge in [0.05, 0.1) is 16.9 Å². The number of rotatable bonds is 16. The molecule has 0 atom stereocenters. The van der Waals surface area contributed by atoms with E-state index >= 15 is 0 Å². The van der Waals surface area contributed by atoms with Crippen molar-refractivity contribution in [3.8, 4) is 17.2 Å². The Morgan fingerprint density at radius 2 is 1.42 bits per heavy atom. The molecular formula is C28H39N4O13P3. The normalized spacial score (nSPS) is 14.0. The van der Waals surface area contributed by atoms with Crippen LogP contribution in [0.3, 0.4) is 0 Å². The highest BCUT2D eigenvalue weighted by atomic mass is 31.2. The number of benzene rings is 2. The van der Waals surface area contributed by atoms with E-state index in [1.54, 1.807) is 6.08 Å². The van der Waals surface area contributed by atoms with Gasteiger partial charge in [0.25, 0.3) is 5.91 Å². The van der Waals surface area contributed by atoms with Crippen LogP contribution in [0.25, 0.3) is 0 Å². The number of allylic oxidation sites excluding steroid dienone is 5. The zero-order valence-electron chi connectivity index (χ0n) is 26.6. The highest BCUT2D eigenvalue weighted by Crippen LogP contribution is 2.54. The predicted octanol–water partition coefficient (Wildman–Crippen LogP) is 6.02. The molecule has 264 valence electrons. The molecule has 0 saturated carbocycles. The quantitative estimate of drug-likeness (QED) is 0.0591. The van der Waals surface area contributed by atoms with Gasteiger partial charge in [-0.05, 0) is 65.5 Å². The Balaban J connectivity index is 2.13. The molecule has 0 bridgehead atoms. The second kappa shape index (κ2) is 16.4. The molecule has 48 heavy (non-hydrogen) atoms. The van der Waals surface area contributed by atoms with Crippen molar-refractivity contribution in [2.75, 3.05) is 16.8 Å². The fourth-order valence-electron chi connectivity index (χ4n) is 4.55. The van der Waals surface area contributed by atoms with Gasteiger partial charge in [0.1, 0.15) is 11.4 Å². The summed E-state index contributed by atoms with van der Waals surface area (Å²) in [5, 5.41) is 2.79. The third kappa shape index (κ3) is 11.4. The molecule has 17 nitrogen and oxygen atoms in total. The molecule has 2 aromatic rings. The minimum atomic E-state index is -5.32. The lowest BCUT2D eigenvalue weighted by atomic mass is 10.1. The van der Waals surface area contributed by atoms with E-state index < -0.39 is 40.9 Å². The van der Waals surface area contributed by atoms with Crippen molar-refractivity contribution < 1.29 is 60.9 Å². The van der Waals surface area contributed by atoms with E-state index in [9.17, 15) is 38.1 Å². The van der Waals surface area contributed by atoms with Crippen LogP contribution < -0.4 is 35.6 Å². The van der Waals surface area contributed by atoms with Gasteiger partial charge in [0.15, 0.2) is 11.5 Å².